The van der Waals surface area contributed by atoms with Crippen molar-refractivity contribution in [3.8, 4) is 5.88 Å². The fourth-order valence-corrected chi connectivity index (χ4v) is 2.15. The van der Waals surface area contributed by atoms with E-state index in [0.29, 0.717) is 10.9 Å². The predicted molar refractivity (Wildman–Crippen MR) is 78.9 cm³/mol. The third-order valence-corrected chi connectivity index (χ3v) is 3.02. The zero-order valence-corrected chi connectivity index (χ0v) is 12.2. The molecular weight excluding hydrogens is 332 g/mol. The first kappa shape index (κ1) is 13.6. The van der Waals surface area contributed by atoms with Gasteiger partial charge in [-0.25, -0.2) is 4.57 Å². The molecule has 2 aromatic rings. The van der Waals surface area contributed by atoms with Crippen molar-refractivity contribution in [3.63, 3.8) is 0 Å². The van der Waals surface area contributed by atoms with Gasteiger partial charge in [0.15, 0.2) is 5.69 Å². The molecule has 0 aliphatic carbocycles. The molecule has 3 N–H and O–H groups in total. The number of carbonyl (C=O) groups is 1. The van der Waals surface area contributed by atoms with E-state index in [1.54, 1.807) is 18.2 Å². The van der Waals surface area contributed by atoms with E-state index in [-0.39, 0.29) is 22.6 Å². The Morgan fingerprint density at radius 1 is 1.53 bits per heavy atom. The lowest BCUT2D eigenvalue weighted by Crippen LogP contribution is -2.03. The second-order valence-corrected chi connectivity index (χ2v) is 5.06. The smallest absolute Gasteiger partial charge is 0.230 e. The van der Waals surface area contributed by atoms with Gasteiger partial charge in [-0.1, -0.05) is 15.9 Å². The molecule has 6 nitrogen and oxygen atoms in total. The Morgan fingerprint density at radius 3 is 2.79 bits per heavy atom. The van der Waals surface area contributed by atoms with Gasteiger partial charge in [-0.05, 0) is 30.4 Å². The average molecular weight is 341 g/mol. The second kappa shape index (κ2) is 5.06. The largest absolute Gasteiger partial charge is 0.493 e. The molecule has 0 atom stereocenters. The van der Waals surface area contributed by atoms with E-state index in [1.807, 2.05) is 0 Å². The van der Waals surface area contributed by atoms with Crippen LogP contribution >= 0.6 is 28.1 Å². The van der Waals surface area contributed by atoms with Crippen LogP contribution in [0.1, 0.15) is 11.7 Å². The number of nitrogens with zero attached hydrogens (tertiary/aromatic N) is 3. The van der Waals surface area contributed by atoms with Crippen LogP contribution in [0.25, 0.3) is 10.9 Å². The monoisotopic (exact) mass is 340 g/mol. The Morgan fingerprint density at radius 2 is 2.21 bits per heavy atom. The summed E-state index contributed by atoms with van der Waals surface area (Å²) in [5.74, 6) is -0.623. The maximum absolute atomic E-state index is 11.6. The summed E-state index contributed by atoms with van der Waals surface area (Å²) in [7, 11) is 0. The molecule has 8 heteroatoms. The summed E-state index contributed by atoms with van der Waals surface area (Å²) in [4.78, 5) is 11.6. The molecule has 1 aromatic heterocycles. The number of hydrogen-bond donors (Lipinski definition) is 2. The maximum atomic E-state index is 11.6. The van der Waals surface area contributed by atoms with Gasteiger partial charge in [0, 0.05) is 16.8 Å². The Kier molecular flexibility index (Phi) is 3.63. The number of fused-ring (bicyclic) bond motifs is 1. The molecule has 0 bridgehead atoms. The van der Waals surface area contributed by atoms with Crippen LogP contribution in [0.2, 0.25) is 0 Å². The van der Waals surface area contributed by atoms with E-state index in [1.165, 1.54) is 6.92 Å². The highest BCUT2D eigenvalue weighted by atomic mass is 79.9. The predicted octanol–water partition coefficient (Wildman–Crippen LogP) is 3.10. The van der Waals surface area contributed by atoms with Crippen LogP contribution in [0.5, 0.6) is 5.88 Å². The fourth-order valence-electron chi connectivity index (χ4n) is 1.75. The van der Waals surface area contributed by atoms with Gasteiger partial charge in [0.2, 0.25) is 16.9 Å². The van der Waals surface area contributed by atoms with Crippen LogP contribution in [0.15, 0.2) is 32.9 Å². The summed E-state index contributed by atoms with van der Waals surface area (Å²) in [6, 6.07) is 5.18. The molecule has 1 aromatic carbocycles. The lowest BCUT2D eigenvalue weighted by molar-refractivity contribution is 0.0933. The van der Waals surface area contributed by atoms with E-state index < -0.39 is 0 Å². The molecule has 0 radical (unpaired) electrons. The first-order valence-electron chi connectivity index (χ1n) is 5.17. The first-order chi connectivity index (χ1) is 8.91. The topological polar surface area (TPSA) is 93.0 Å². The van der Waals surface area contributed by atoms with E-state index in [9.17, 15) is 9.90 Å². The van der Waals surface area contributed by atoms with Crippen molar-refractivity contribution in [1.29, 1.82) is 0 Å². The minimum Gasteiger partial charge on any atom is -0.493 e. The molecule has 2 rings (SSSR count). The zero-order valence-electron chi connectivity index (χ0n) is 9.79. The number of thiocarbonyl (C=S) groups is 1. The number of aromatic hydroxyl groups is 1. The van der Waals surface area contributed by atoms with Crippen LogP contribution in [0.4, 0.5) is 5.69 Å². The third-order valence-electron chi connectivity index (χ3n) is 2.44. The molecule has 0 aliphatic heterocycles. The second-order valence-electron chi connectivity index (χ2n) is 3.73. The van der Waals surface area contributed by atoms with Gasteiger partial charge in [0.1, 0.15) is 0 Å². The number of nitrogens with two attached hydrogens (primary N) is 1. The van der Waals surface area contributed by atoms with Crippen molar-refractivity contribution >= 4 is 55.8 Å². The van der Waals surface area contributed by atoms with E-state index in [4.69, 9.17) is 5.73 Å². The number of benzene rings is 1. The molecule has 0 aliphatic rings. The number of hydrogen-bond acceptors (Lipinski definition) is 4. The third kappa shape index (κ3) is 2.49. The number of halogens is 1. The molecule has 98 valence electrons. The molecule has 0 spiro atoms. The standard InChI is InChI=1S/C11H9BrN4O2S/c1-5(17)16-8-3-2-6(12)4-7(8)9(10(16)18)14-15-11(13)19/h2-4,18H,1H3,(H2,13,19). The number of rotatable bonds is 1. The summed E-state index contributed by atoms with van der Waals surface area (Å²) < 4.78 is 1.93. The van der Waals surface area contributed by atoms with Gasteiger partial charge in [-0.2, -0.15) is 0 Å². The highest BCUT2D eigenvalue weighted by molar-refractivity contribution is 9.10. The minimum atomic E-state index is -0.332. The highest BCUT2D eigenvalue weighted by Crippen LogP contribution is 2.39. The molecule has 0 amide bonds. The Labute approximate surface area is 122 Å². The number of azo groups is 1. The SMILES string of the molecule is CC(=O)n1c(O)c(N=NC(N)=S)c2cc(Br)ccc21. The highest BCUT2D eigenvalue weighted by Gasteiger charge is 2.19. The van der Waals surface area contributed by atoms with Gasteiger partial charge in [-0.15, -0.1) is 10.2 Å². The fraction of sp³-hybridized carbons (Fsp3) is 0.0909. The summed E-state index contributed by atoms with van der Waals surface area (Å²) in [6.07, 6.45) is 0. The van der Waals surface area contributed by atoms with Crippen molar-refractivity contribution in [2.75, 3.05) is 0 Å². The van der Waals surface area contributed by atoms with Gasteiger partial charge >= 0.3 is 0 Å². The van der Waals surface area contributed by atoms with Gasteiger partial charge < -0.3 is 10.8 Å². The molecule has 1 heterocycles. The van der Waals surface area contributed by atoms with Crippen LogP contribution < -0.4 is 5.73 Å². The number of carbonyl (C=O) groups excluding carboxylic acids is 1. The van der Waals surface area contributed by atoms with Crippen molar-refractivity contribution < 1.29 is 9.90 Å². The lowest BCUT2D eigenvalue weighted by atomic mass is 10.2. The molecule has 0 fully saturated rings. The zero-order chi connectivity index (χ0) is 14.2. The Bertz CT molecular complexity index is 723. The van der Waals surface area contributed by atoms with Gasteiger partial charge in [-0.3, -0.25) is 4.79 Å². The Balaban J connectivity index is 2.81. The van der Waals surface area contributed by atoms with Crippen LogP contribution in [-0.2, 0) is 0 Å². The summed E-state index contributed by atoms with van der Waals surface area (Å²) in [6.45, 7) is 1.34. The maximum Gasteiger partial charge on any atom is 0.230 e. The van der Waals surface area contributed by atoms with Crippen LogP contribution in [0.3, 0.4) is 0 Å². The molecular formula is C11H9BrN4O2S. The Hall–Kier alpha value is -1.80. The molecule has 19 heavy (non-hydrogen) atoms. The summed E-state index contributed by atoms with van der Waals surface area (Å²) in [5.41, 5.74) is 5.92. The number of aromatic nitrogens is 1. The van der Waals surface area contributed by atoms with E-state index in [0.717, 1.165) is 9.04 Å². The normalized spacial score (nSPS) is 11.3. The minimum absolute atomic E-state index is 0.152. The molecule has 0 saturated heterocycles. The van der Waals surface area contributed by atoms with Crippen molar-refractivity contribution in [2.45, 2.75) is 6.92 Å². The van der Waals surface area contributed by atoms with Crippen LogP contribution in [-0.4, -0.2) is 20.7 Å². The average Bonchev–Trinajstić information content (AvgIpc) is 2.58. The van der Waals surface area contributed by atoms with Gasteiger partial charge in [0.25, 0.3) is 0 Å². The first-order valence-corrected chi connectivity index (χ1v) is 6.37. The summed E-state index contributed by atoms with van der Waals surface area (Å²) >= 11 is 7.92. The van der Waals surface area contributed by atoms with Crippen molar-refractivity contribution in [2.24, 2.45) is 16.0 Å². The van der Waals surface area contributed by atoms with E-state index in [2.05, 4.69) is 38.4 Å². The lowest BCUT2D eigenvalue weighted by Gasteiger charge is -2.00. The molecule has 0 saturated carbocycles. The van der Waals surface area contributed by atoms with E-state index >= 15 is 0 Å². The quantitative estimate of drug-likeness (QED) is 0.616. The summed E-state index contributed by atoms with van der Waals surface area (Å²) in [5, 5.41) is 17.8. The van der Waals surface area contributed by atoms with Gasteiger partial charge in [0.05, 0.1) is 5.52 Å². The van der Waals surface area contributed by atoms with Crippen LogP contribution in [0, 0.1) is 0 Å². The van der Waals surface area contributed by atoms with Crippen molar-refractivity contribution in [1.82, 2.24) is 4.57 Å². The van der Waals surface area contributed by atoms with Crippen molar-refractivity contribution in [3.05, 3.63) is 22.7 Å². The molecule has 0 unspecified atom stereocenters.